The number of carbonyl (C=O) groups is 2. The molecule has 2 aromatic carbocycles. The van der Waals surface area contributed by atoms with E-state index in [2.05, 4.69) is 5.32 Å². The van der Waals surface area contributed by atoms with E-state index in [0.717, 1.165) is 12.1 Å². The number of halogens is 3. The van der Waals surface area contributed by atoms with Gasteiger partial charge in [0.2, 0.25) is 0 Å². The second-order valence-corrected chi connectivity index (χ2v) is 5.72. The molecule has 0 spiro atoms. The quantitative estimate of drug-likeness (QED) is 0.481. The summed E-state index contributed by atoms with van der Waals surface area (Å²) in [5, 5.41) is 2.56. The number of para-hydroxylation sites is 1. The van der Waals surface area contributed by atoms with E-state index in [0.29, 0.717) is 5.69 Å². The molecule has 1 aromatic heterocycles. The van der Waals surface area contributed by atoms with Gasteiger partial charge in [-0.15, -0.1) is 0 Å². The molecule has 0 unspecified atom stereocenters. The minimum absolute atomic E-state index is 0.0833. The van der Waals surface area contributed by atoms with Gasteiger partial charge in [0.25, 0.3) is 5.91 Å². The van der Waals surface area contributed by atoms with Crippen molar-refractivity contribution < 1.29 is 36.7 Å². The fourth-order valence-electron chi connectivity index (χ4n) is 2.36. The number of esters is 1. The molecule has 9 heteroatoms. The van der Waals surface area contributed by atoms with Gasteiger partial charge < -0.3 is 19.2 Å². The van der Waals surface area contributed by atoms with E-state index < -0.39 is 36.0 Å². The molecule has 29 heavy (non-hydrogen) atoms. The van der Waals surface area contributed by atoms with E-state index in [9.17, 15) is 22.8 Å². The fraction of sp³-hybridized carbons (Fsp3) is 0.100. The molecule has 0 atom stereocenters. The number of alkyl halides is 3. The fourth-order valence-corrected chi connectivity index (χ4v) is 2.36. The highest BCUT2D eigenvalue weighted by atomic mass is 19.4. The van der Waals surface area contributed by atoms with Crippen molar-refractivity contribution >= 4 is 17.6 Å². The molecule has 1 amide bonds. The summed E-state index contributed by atoms with van der Waals surface area (Å²) in [7, 11) is 0. The average Bonchev–Trinajstić information content (AvgIpc) is 3.21. The van der Waals surface area contributed by atoms with Crippen LogP contribution < -0.4 is 14.8 Å². The first-order valence-electron chi connectivity index (χ1n) is 8.27. The Labute approximate surface area is 162 Å². The molecule has 6 nitrogen and oxygen atoms in total. The average molecular weight is 405 g/mol. The normalized spacial score (nSPS) is 11.0. The lowest BCUT2D eigenvalue weighted by molar-refractivity contribution is -0.142. The van der Waals surface area contributed by atoms with Crippen LogP contribution in [0.15, 0.2) is 71.3 Å². The Kier molecular flexibility index (Phi) is 5.87. The topological polar surface area (TPSA) is 77.8 Å². The number of carbonyl (C=O) groups excluding carboxylic acids is 2. The van der Waals surface area contributed by atoms with Crippen LogP contribution in [0, 0.1) is 0 Å². The van der Waals surface area contributed by atoms with Crippen molar-refractivity contribution in [1.82, 2.24) is 0 Å². The van der Waals surface area contributed by atoms with Gasteiger partial charge in [0.1, 0.15) is 11.5 Å². The number of hydrogen-bond donors (Lipinski definition) is 1. The van der Waals surface area contributed by atoms with Gasteiger partial charge in [-0.05, 0) is 36.4 Å². The van der Waals surface area contributed by atoms with Gasteiger partial charge in [0.15, 0.2) is 12.4 Å². The molecular formula is C20H14F3NO5. The van der Waals surface area contributed by atoms with Crippen LogP contribution in [0.4, 0.5) is 18.9 Å². The first kappa shape index (κ1) is 20.0. The maximum Gasteiger partial charge on any atom is 0.419 e. The zero-order chi connectivity index (χ0) is 20.9. The van der Waals surface area contributed by atoms with Crippen molar-refractivity contribution in [3.8, 4) is 11.5 Å². The molecule has 0 aliphatic carbocycles. The Morgan fingerprint density at radius 2 is 1.79 bits per heavy atom. The van der Waals surface area contributed by atoms with Crippen LogP contribution in [0.3, 0.4) is 0 Å². The van der Waals surface area contributed by atoms with Crippen LogP contribution in [0.1, 0.15) is 16.1 Å². The molecule has 0 fully saturated rings. The summed E-state index contributed by atoms with van der Waals surface area (Å²) in [4.78, 5) is 23.9. The Morgan fingerprint density at radius 3 is 2.52 bits per heavy atom. The monoisotopic (exact) mass is 405 g/mol. The van der Waals surface area contributed by atoms with Crippen molar-refractivity contribution in [3.05, 3.63) is 78.3 Å². The molecule has 0 radical (unpaired) electrons. The third-order valence-electron chi connectivity index (χ3n) is 3.61. The van der Waals surface area contributed by atoms with Gasteiger partial charge in [-0.25, -0.2) is 4.79 Å². The van der Waals surface area contributed by atoms with Gasteiger partial charge in [-0.3, -0.25) is 4.79 Å². The highest BCUT2D eigenvalue weighted by molar-refractivity contribution is 6.02. The predicted molar refractivity (Wildman–Crippen MR) is 95.7 cm³/mol. The zero-order valence-corrected chi connectivity index (χ0v) is 14.7. The second-order valence-electron chi connectivity index (χ2n) is 5.72. The number of benzene rings is 2. The van der Waals surface area contributed by atoms with E-state index >= 15 is 0 Å². The van der Waals surface area contributed by atoms with Crippen molar-refractivity contribution in [3.63, 3.8) is 0 Å². The minimum Gasteiger partial charge on any atom is -0.481 e. The molecule has 1 N–H and O–H groups in total. The van der Waals surface area contributed by atoms with Crippen LogP contribution in [-0.4, -0.2) is 18.5 Å². The number of amides is 1. The van der Waals surface area contributed by atoms with Crippen molar-refractivity contribution in [1.29, 1.82) is 0 Å². The summed E-state index contributed by atoms with van der Waals surface area (Å²) >= 11 is 0. The second kappa shape index (κ2) is 8.51. The lowest BCUT2D eigenvalue weighted by Gasteiger charge is -2.13. The van der Waals surface area contributed by atoms with Crippen molar-refractivity contribution in [2.24, 2.45) is 0 Å². The highest BCUT2D eigenvalue weighted by Crippen LogP contribution is 2.35. The molecule has 0 bridgehead atoms. The van der Waals surface area contributed by atoms with E-state index in [4.69, 9.17) is 13.9 Å². The largest absolute Gasteiger partial charge is 0.481 e. The molecule has 0 aliphatic heterocycles. The summed E-state index contributed by atoms with van der Waals surface area (Å²) in [6.45, 7) is -0.726. The van der Waals surface area contributed by atoms with Gasteiger partial charge in [0, 0.05) is 11.8 Å². The van der Waals surface area contributed by atoms with E-state index in [1.165, 1.54) is 42.7 Å². The van der Waals surface area contributed by atoms with Gasteiger partial charge in [-0.1, -0.05) is 18.2 Å². The lowest BCUT2D eigenvalue weighted by atomic mass is 10.2. The molecule has 0 saturated carbocycles. The predicted octanol–water partition coefficient (Wildman–Crippen LogP) is 4.54. The summed E-state index contributed by atoms with van der Waals surface area (Å²) < 4.78 is 53.8. The number of anilines is 1. The van der Waals surface area contributed by atoms with E-state index in [-0.39, 0.29) is 11.5 Å². The molecule has 3 rings (SSSR count). The number of nitrogens with one attached hydrogen (secondary N) is 1. The smallest absolute Gasteiger partial charge is 0.419 e. The Morgan fingerprint density at radius 1 is 1.00 bits per heavy atom. The van der Waals surface area contributed by atoms with Crippen molar-refractivity contribution in [2.45, 2.75) is 6.18 Å². The van der Waals surface area contributed by atoms with E-state index in [1.54, 1.807) is 12.1 Å². The third-order valence-corrected chi connectivity index (χ3v) is 3.61. The Balaban J connectivity index is 1.60. The number of rotatable bonds is 6. The summed E-state index contributed by atoms with van der Waals surface area (Å²) in [6, 6.07) is 13.5. The van der Waals surface area contributed by atoms with Gasteiger partial charge >= 0.3 is 12.1 Å². The zero-order valence-electron chi connectivity index (χ0n) is 14.7. The van der Waals surface area contributed by atoms with Crippen LogP contribution in [0.5, 0.6) is 11.5 Å². The molecule has 1 heterocycles. The maximum absolute atomic E-state index is 12.9. The number of furan rings is 1. The molecule has 0 saturated heterocycles. The minimum atomic E-state index is -4.61. The van der Waals surface area contributed by atoms with Crippen LogP contribution in [-0.2, 0) is 11.0 Å². The van der Waals surface area contributed by atoms with Gasteiger partial charge in [0.05, 0.1) is 11.8 Å². The molecule has 3 aromatic rings. The summed E-state index contributed by atoms with van der Waals surface area (Å²) in [6.07, 6.45) is -3.26. The maximum atomic E-state index is 12.9. The SMILES string of the molecule is O=C(COc1ccccc1C(F)(F)F)Oc1cccc(NC(=O)c2ccco2)c1. The highest BCUT2D eigenvalue weighted by Gasteiger charge is 2.34. The molecule has 150 valence electrons. The summed E-state index contributed by atoms with van der Waals surface area (Å²) in [5.74, 6) is -1.69. The van der Waals surface area contributed by atoms with Crippen molar-refractivity contribution in [2.75, 3.05) is 11.9 Å². The Bertz CT molecular complexity index is 999. The number of hydrogen-bond acceptors (Lipinski definition) is 5. The van der Waals surface area contributed by atoms with Crippen LogP contribution in [0.2, 0.25) is 0 Å². The third kappa shape index (κ3) is 5.38. The van der Waals surface area contributed by atoms with Gasteiger partial charge in [-0.2, -0.15) is 13.2 Å². The first-order chi connectivity index (χ1) is 13.8. The first-order valence-corrected chi connectivity index (χ1v) is 8.27. The lowest BCUT2D eigenvalue weighted by Crippen LogP contribution is -2.19. The number of ether oxygens (including phenoxy) is 2. The summed E-state index contributed by atoms with van der Waals surface area (Å²) in [5.41, 5.74) is -0.657. The van der Waals surface area contributed by atoms with Crippen LogP contribution >= 0.6 is 0 Å². The molecular weight excluding hydrogens is 391 g/mol. The Hall–Kier alpha value is -3.75. The molecule has 0 aliphatic rings. The van der Waals surface area contributed by atoms with Crippen LogP contribution in [0.25, 0.3) is 0 Å². The van der Waals surface area contributed by atoms with E-state index in [1.807, 2.05) is 0 Å². The standard InChI is InChI=1S/C20H14F3NO5/c21-20(22,23)15-7-1-2-8-16(15)28-12-18(25)29-14-6-3-5-13(11-14)24-19(26)17-9-4-10-27-17/h1-11H,12H2,(H,24,26).